The van der Waals surface area contributed by atoms with Crippen LogP contribution in [0.3, 0.4) is 0 Å². The molecule has 4 heteroatoms. The van der Waals surface area contributed by atoms with Gasteiger partial charge in [0.2, 0.25) is 0 Å². The van der Waals surface area contributed by atoms with Crippen LogP contribution in [0.5, 0.6) is 11.5 Å². The average molecular weight is 313 g/mol. The van der Waals surface area contributed by atoms with Gasteiger partial charge < -0.3 is 14.8 Å². The average Bonchev–Trinajstić information content (AvgIpc) is 2.55. The third-order valence-electron chi connectivity index (χ3n) is 3.33. The molecular formula is C19H23NO3. The summed E-state index contributed by atoms with van der Waals surface area (Å²) in [7, 11) is 0. The molecule has 0 saturated carbocycles. The second-order valence-corrected chi connectivity index (χ2v) is 5.48. The van der Waals surface area contributed by atoms with Crippen LogP contribution in [0.1, 0.15) is 24.5 Å². The molecule has 4 nitrogen and oxygen atoms in total. The Labute approximate surface area is 137 Å². The SMILES string of the molecule is CCCOc1ccc(OCC(=O)Nc2cc(C)ccc2C)cc1. The molecule has 1 N–H and O–H groups in total. The van der Waals surface area contributed by atoms with E-state index in [2.05, 4.69) is 12.2 Å². The van der Waals surface area contributed by atoms with Crippen LogP contribution in [0.4, 0.5) is 5.69 Å². The van der Waals surface area contributed by atoms with Crippen LogP contribution in [0.2, 0.25) is 0 Å². The van der Waals surface area contributed by atoms with E-state index in [1.807, 2.05) is 44.2 Å². The van der Waals surface area contributed by atoms with Crippen molar-refractivity contribution in [1.29, 1.82) is 0 Å². The number of anilines is 1. The molecule has 0 aliphatic carbocycles. The number of carbonyl (C=O) groups is 1. The maximum absolute atomic E-state index is 12.0. The summed E-state index contributed by atoms with van der Waals surface area (Å²) in [5.41, 5.74) is 2.96. The van der Waals surface area contributed by atoms with Gasteiger partial charge in [-0.2, -0.15) is 0 Å². The third kappa shape index (κ3) is 5.33. The van der Waals surface area contributed by atoms with Crippen molar-refractivity contribution in [2.75, 3.05) is 18.5 Å². The Morgan fingerprint density at radius 1 is 1.00 bits per heavy atom. The maximum Gasteiger partial charge on any atom is 0.262 e. The second kappa shape index (κ2) is 8.22. The minimum absolute atomic E-state index is 0.0253. The first-order chi connectivity index (χ1) is 11.1. The molecular weight excluding hydrogens is 290 g/mol. The Morgan fingerprint density at radius 2 is 1.65 bits per heavy atom. The van der Waals surface area contributed by atoms with Crippen LogP contribution >= 0.6 is 0 Å². The molecule has 0 heterocycles. The van der Waals surface area contributed by atoms with Gasteiger partial charge in [0.1, 0.15) is 11.5 Å². The molecule has 0 aliphatic heterocycles. The molecule has 0 aromatic heterocycles. The lowest BCUT2D eigenvalue weighted by molar-refractivity contribution is -0.118. The minimum Gasteiger partial charge on any atom is -0.494 e. The zero-order valence-corrected chi connectivity index (χ0v) is 13.9. The molecule has 0 bridgehead atoms. The van der Waals surface area contributed by atoms with Crippen molar-refractivity contribution in [1.82, 2.24) is 0 Å². The fourth-order valence-corrected chi connectivity index (χ4v) is 2.06. The van der Waals surface area contributed by atoms with Crippen LogP contribution in [-0.2, 0) is 4.79 Å². The van der Waals surface area contributed by atoms with E-state index in [-0.39, 0.29) is 12.5 Å². The van der Waals surface area contributed by atoms with E-state index >= 15 is 0 Å². The van der Waals surface area contributed by atoms with E-state index in [0.717, 1.165) is 29.0 Å². The van der Waals surface area contributed by atoms with Crippen molar-refractivity contribution in [2.45, 2.75) is 27.2 Å². The van der Waals surface area contributed by atoms with Crippen molar-refractivity contribution in [3.63, 3.8) is 0 Å². The van der Waals surface area contributed by atoms with Gasteiger partial charge in [0.05, 0.1) is 6.61 Å². The van der Waals surface area contributed by atoms with E-state index in [0.29, 0.717) is 12.4 Å². The zero-order chi connectivity index (χ0) is 16.7. The summed E-state index contributed by atoms with van der Waals surface area (Å²) >= 11 is 0. The molecule has 0 unspecified atom stereocenters. The van der Waals surface area contributed by atoms with E-state index < -0.39 is 0 Å². The van der Waals surface area contributed by atoms with Gasteiger partial charge >= 0.3 is 0 Å². The van der Waals surface area contributed by atoms with Gasteiger partial charge in [-0.3, -0.25) is 4.79 Å². The van der Waals surface area contributed by atoms with Crippen LogP contribution < -0.4 is 14.8 Å². The molecule has 2 aromatic carbocycles. The molecule has 0 spiro atoms. The minimum atomic E-state index is -0.176. The van der Waals surface area contributed by atoms with Crippen molar-refractivity contribution >= 4 is 11.6 Å². The van der Waals surface area contributed by atoms with Crippen LogP contribution in [-0.4, -0.2) is 19.1 Å². The summed E-state index contributed by atoms with van der Waals surface area (Å²) < 4.78 is 11.0. The number of benzene rings is 2. The highest BCUT2D eigenvalue weighted by molar-refractivity contribution is 5.92. The second-order valence-electron chi connectivity index (χ2n) is 5.48. The lowest BCUT2D eigenvalue weighted by Crippen LogP contribution is -2.20. The fraction of sp³-hybridized carbons (Fsp3) is 0.316. The summed E-state index contributed by atoms with van der Waals surface area (Å²) in [6, 6.07) is 13.2. The van der Waals surface area contributed by atoms with E-state index in [1.54, 1.807) is 12.1 Å². The number of hydrogen-bond donors (Lipinski definition) is 1. The monoisotopic (exact) mass is 313 g/mol. The van der Waals surface area contributed by atoms with Gasteiger partial charge in [0, 0.05) is 5.69 Å². The van der Waals surface area contributed by atoms with Crippen molar-refractivity contribution < 1.29 is 14.3 Å². The van der Waals surface area contributed by atoms with Gasteiger partial charge in [-0.15, -0.1) is 0 Å². The van der Waals surface area contributed by atoms with Gasteiger partial charge in [-0.25, -0.2) is 0 Å². The van der Waals surface area contributed by atoms with Gasteiger partial charge in [0.15, 0.2) is 6.61 Å². The Morgan fingerprint density at radius 3 is 2.30 bits per heavy atom. The molecule has 0 radical (unpaired) electrons. The van der Waals surface area contributed by atoms with Crippen molar-refractivity contribution in [3.8, 4) is 11.5 Å². The smallest absolute Gasteiger partial charge is 0.262 e. The highest BCUT2D eigenvalue weighted by Crippen LogP contribution is 2.19. The highest BCUT2D eigenvalue weighted by Gasteiger charge is 2.06. The normalized spacial score (nSPS) is 10.2. The molecule has 2 aromatic rings. The van der Waals surface area contributed by atoms with E-state index in [4.69, 9.17) is 9.47 Å². The fourth-order valence-electron chi connectivity index (χ4n) is 2.06. The predicted molar refractivity (Wildman–Crippen MR) is 92.3 cm³/mol. The number of carbonyl (C=O) groups excluding carboxylic acids is 1. The van der Waals surface area contributed by atoms with Crippen molar-refractivity contribution in [3.05, 3.63) is 53.6 Å². The molecule has 1 amide bonds. The van der Waals surface area contributed by atoms with Crippen molar-refractivity contribution in [2.24, 2.45) is 0 Å². The Hall–Kier alpha value is -2.49. The third-order valence-corrected chi connectivity index (χ3v) is 3.33. The largest absolute Gasteiger partial charge is 0.494 e. The first-order valence-electron chi connectivity index (χ1n) is 7.81. The Kier molecular flexibility index (Phi) is 6.03. The quantitative estimate of drug-likeness (QED) is 0.837. The zero-order valence-electron chi connectivity index (χ0n) is 13.9. The number of amides is 1. The van der Waals surface area contributed by atoms with E-state index in [1.165, 1.54) is 0 Å². The molecule has 0 saturated heterocycles. The van der Waals surface area contributed by atoms with Crippen LogP contribution in [0, 0.1) is 13.8 Å². The summed E-state index contributed by atoms with van der Waals surface area (Å²) in [5.74, 6) is 1.27. The number of nitrogens with one attached hydrogen (secondary N) is 1. The number of ether oxygens (including phenoxy) is 2. The van der Waals surface area contributed by atoms with Gasteiger partial charge in [-0.1, -0.05) is 19.1 Å². The van der Waals surface area contributed by atoms with Crippen LogP contribution in [0.15, 0.2) is 42.5 Å². The predicted octanol–water partition coefficient (Wildman–Crippen LogP) is 4.11. The summed E-state index contributed by atoms with van der Waals surface area (Å²) in [5, 5.41) is 2.87. The van der Waals surface area contributed by atoms with Gasteiger partial charge in [0.25, 0.3) is 5.91 Å². The topological polar surface area (TPSA) is 47.6 Å². The number of aryl methyl sites for hydroxylation is 2. The van der Waals surface area contributed by atoms with Crippen LogP contribution in [0.25, 0.3) is 0 Å². The molecule has 2 rings (SSSR count). The summed E-state index contributed by atoms with van der Waals surface area (Å²) in [6.07, 6.45) is 0.969. The molecule has 23 heavy (non-hydrogen) atoms. The van der Waals surface area contributed by atoms with E-state index in [9.17, 15) is 4.79 Å². The lowest BCUT2D eigenvalue weighted by Gasteiger charge is -2.11. The summed E-state index contributed by atoms with van der Waals surface area (Å²) in [4.78, 5) is 12.0. The standard InChI is InChI=1S/C19H23NO3/c1-4-11-22-16-7-9-17(10-8-16)23-13-19(21)20-18-12-14(2)5-6-15(18)3/h5-10,12H,4,11,13H2,1-3H3,(H,20,21). The molecule has 122 valence electrons. The molecule has 0 fully saturated rings. The number of hydrogen-bond acceptors (Lipinski definition) is 3. The first-order valence-corrected chi connectivity index (χ1v) is 7.81. The Bertz CT molecular complexity index is 650. The first kappa shape index (κ1) is 16.9. The summed E-state index contributed by atoms with van der Waals surface area (Å²) in [6.45, 7) is 6.69. The van der Waals surface area contributed by atoms with Gasteiger partial charge in [-0.05, 0) is 61.7 Å². The number of rotatable bonds is 7. The lowest BCUT2D eigenvalue weighted by atomic mass is 10.1. The highest BCUT2D eigenvalue weighted by atomic mass is 16.5. The molecule has 0 atom stereocenters. The Balaban J connectivity index is 1.85. The maximum atomic E-state index is 12.0. The molecule has 0 aliphatic rings.